The molecular weight excluding hydrogens is 277 g/mol. The van der Waals surface area contributed by atoms with Gasteiger partial charge in [-0.25, -0.2) is 0 Å². The zero-order valence-corrected chi connectivity index (χ0v) is 11.3. The average Bonchev–Trinajstić information content (AvgIpc) is 2.08. The molecule has 0 unspecified atom stereocenters. The molecule has 0 saturated heterocycles. The van der Waals surface area contributed by atoms with Crippen LogP contribution in [-0.4, -0.2) is 5.11 Å². The van der Waals surface area contributed by atoms with Gasteiger partial charge >= 0.3 is 0 Å². The minimum Gasteiger partial charge on any atom is -0.507 e. The second-order valence-electron chi connectivity index (χ2n) is 3.95. The highest BCUT2D eigenvalue weighted by Crippen LogP contribution is 2.28. The number of rotatable bonds is 3. The molecule has 0 bridgehead atoms. The van der Waals surface area contributed by atoms with Crippen LogP contribution in [-0.2, 0) is 0 Å². The first-order valence-electron chi connectivity index (χ1n) is 4.74. The Morgan fingerprint density at radius 2 is 2.00 bits per heavy atom. The number of aromatic hydroxyl groups is 1. The molecule has 1 aromatic rings. The third kappa shape index (κ3) is 4.41. The van der Waals surface area contributed by atoms with E-state index in [0.717, 1.165) is 12.0 Å². The molecule has 86 valence electrons. The minimum atomic E-state index is 0. The number of hydrogen-bond acceptors (Lipinski definition) is 2. The molecule has 0 aromatic heterocycles. The summed E-state index contributed by atoms with van der Waals surface area (Å²) in [6.07, 6.45) is 0.956. The molecule has 0 saturated carbocycles. The summed E-state index contributed by atoms with van der Waals surface area (Å²) in [5, 5.41) is 9.32. The number of benzene rings is 1. The molecule has 0 aliphatic heterocycles. The normalized spacial score (nSPS) is 12.3. The lowest BCUT2D eigenvalue weighted by Gasteiger charge is -2.14. The Bertz CT molecular complexity index is 317. The average molecular weight is 295 g/mol. The van der Waals surface area contributed by atoms with Crippen molar-refractivity contribution in [2.24, 2.45) is 11.7 Å². The van der Waals surface area contributed by atoms with E-state index in [9.17, 15) is 5.11 Å². The van der Waals surface area contributed by atoms with Gasteiger partial charge in [-0.3, -0.25) is 0 Å². The van der Waals surface area contributed by atoms with Gasteiger partial charge in [0.25, 0.3) is 0 Å². The molecule has 1 rings (SSSR count). The first kappa shape index (κ1) is 14.8. The van der Waals surface area contributed by atoms with Crippen LogP contribution in [0, 0.1) is 5.92 Å². The van der Waals surface area contributed by atoms with Crippen molar-refractivity contribution in [2.45, 2.75) is 26.3 Å². The summed E-state index contributed by atoms with van der Waals surface area (Å²) < 4.78 is 0.703. The van der Waals surface area contributed by atoms with Gasteiger partial charge in [-0.05, 0) is 46.0 Å². The molecule has 0 amide bonds. The molecule has 3 N–H and O–H groups in total. The van der Waals surface area contributed by atoms with Crippen LogP contribution in [0.3, 0.4) is 0 Å². The first-order chi connectivity index (χ1) is 6.50. The number of hydrogen-bond donors (Lipinski definition) is 2. The van der Waals surface area contributed by atoms with Crippen LogP contribution in [0.15, 0.2) is 22.7 Å². The molecule has 0 spiro atoms. The summed E-state index contributed by atoms with van der Waals surface area (Å²) in [6, 6.07) is 5.46. The Morgan fingerprint density at radius 1 is 1.40 bits per heavy atom. The van der Waals surface area contributed by atoms with Crippen LogP contribution in [0.4, 0.5) is 0 Å². The Balaban J connectivity index is 0.00000196. The number of phenolic OH excluding ortho intramolecular Hbond substituents is 1. The third-order valence-corrected chi connectivity index (χ3v) is 2.76. The molecule has 0 radical (unpaired) electrons. The molecule has 4 heteroatoms. The van der Waals surface area contributed by atoms with E-state index in [0.29, 0.717) is 10.4 Å². The predicted octanol–water partition coefficient (Wildman–Crippen LogP) is 3.62. The van der Waals surface area contributed by atoms with Gasteiger partial charge in [-0.2, -0.15) is 0 Å². The van der Waals surface area contributed by atoms with Crippen molar-refractivity contribution >= 4 is 28.3 Å². The molecule has 0 heterocycles. The molecular formula is C11H17BrClNO. The van der Waals surface area contributed by atoms with E-state index >= 15 is 0 Å². The van der Waals surface area contributed by atoms with Gasteiger partial charge in [0.1, 0.15) is 5.75 Å². The standard InChI is InChI=1S/C11H16BrNO.ClH/c1-7(2)5-10(13)8-3-4-11(14)9(12)6-8;/h3-4,6-7,10,14H,5,13H2,1-2H3;1H/t10-;/m0./s1. The maximum absolute atomic E-state index is 9.32. The van der Waals surface area contributed by atoms with Crippen LogP contribution in [0.25, 0.3) is 0 Å². The number of phenols is 1. The second-order valence-corrected chi connectivity index (χ2v) is 4.80. The van der Waals surface area contributed by atoms with Crippen LogP contribution in [0.2, 0.25) is 0 Å². The van der Waals surface area contributed by atoms with Gasteiger partial charge < -0.3 is 10.8 Å². The molecule has 0 aliphatic rings. The van der Waals surface area contributed by atoms with E-state index in [1.807, 2.05) is 12.1 Å². The number of halogens is 2. The second kappa shape index (κ2) is 6.36. The molecule has 1 atom stereocenters. The van der Waals surface area contributed by atoms with Crippen LogP contribution in [0.1, 0.15) is 31.9 Å². The van der Waals surface area contributed by atoms with Crippen molar-refractivity contribution in [1.82, 2.24) is 0 Å². The fourth-order valence-electron chi connectivity index (χ4n) is 1.40. The number of nitrogens with two attached hydrogens (primary N) is 1. The molecule has 1 aromatic carbocycles. The van der Waals surface area contributed by atoms with Gasteiger partial charge in [-0.15, -0.1) is 12.4 Å². The van der Waals surface area contributed by atoms with Crippen LogP contribution >= 0.6 is 28.3 Å². The van der Waals surface area contributed by atoms with Crippen LogP contribution < -0.4 is 5.73 Å². The maximum Gasteiger partial charge on any atom is 0.129 e. The van der Waals surface area contributed by atoms with E-state index < -0.39 is 0 Å². The van der Waals surface area contributed by atoms with E-state index in [1.54, 1.807) is 6.07 Å². The molecule has 2 nitrogen and oxygen atoms in total. The lowest BCUT2D eigenvalue weighted by atomic mass is 9.98. The van der Waals surface area contributed by atoms with E-state index in [4.69, 9.17) is 5.73 Å². The largest absolute Gasteiger partial charge is 0.507 e. The van der Waals surface area contributed by atoms with Gasteiger partial charge in [0.15, 0.2) is 0 Å². The van der Waals surface area contributed by atoms with Crippen molar-refractivity contribution in [2.75, 3.05) is 0 Å². The maximum atomic E-state index is 9.32. The summed E-state index contributed by atoms with van der Waals surface area (Å²) in [7, 11) is 0. The van der Waals surface area contributed by atoms with E-state index in [-0.39, 0.29) is 24.2 Å². The summed E-state index contributed by atoms with van der Waals surface area (Å²) in [5.74, 6) is 0.836. The van der Waals surface area contributed by atoms with Crippen molar-refractivity contribution < 1.29 is 5.11 Å². The highest BCUT2D eigenvalue weighted by Gasteiger charge is 2.09. The van der Waals surface area contributed by atoms with Gasteiger partial charge in [0.05, 0.1) is 4.47 Å². The zero-order valence-electron chi connectivity index (χ0n) is 8.90. The topological polar surface area (TPSA) is 46.2 Å². The Morgan fingerprint density at radius 3 is 2.47 bits per heavy atom. The van der Waals surface area contributed by atoms with Crippen LogP contribution in [0.5, 0.6) is 5.75 Å². The Kier molecular flexibility index (Phi) is 6.25. The van der Waals surface area contributed by atoms with Crippen molar-refractivity contribution in [3.8, 4) is 5.75 Å². The van der Waals surface area contributed by atoms with Gasteiger partial charge in [0.2, 0.25) is 0 Å². The smallest absolute Gasteiger partial charge is 0.129 e. The highest BCUT2D eigenvalue weighted by molar-refractivity contribution is 9.10. The SMILES string of the molecule is CC(C)C[C@H](N)c1ccc(O)c(Br)c1.Cl. The molecule has 15 heavy (non-hydrogen) atoms. The zero-order chi connectivity index (χ0) is 10.7. The third-order valence-electron chi connectivity index (χ3n) is 2.13. The fraction of sp³-hybridized carbons (Fsp3) is 0.455. The molecule has 0 fully saturated rings. The predicted molar refractivity (Wildman–Crippen MR) is 69.4 cm³/mol. The summed E-state index contributed by atoms with van der Waals surface area (Å²) in [6.45, 7) is 4.30. The van der Waals surface area contributed by atoms with Crippen molar-refractivity contribution in [1.29, 1.82) is 0 Å². The lowest BCUT2D eigenvalue weighted by molar-refractivity contribution is 0.470. The molecule has 0 aliphatic carbocycles. The van der Waals surface area contributed by atoms with E-state index in [2.05, 4.69) is 29.8 Å². The van der Waals surface area contributed by atoms with Gasteiger partial charge in [-0.1, -0.05) is 19.9 Å². The van der Waals surface area contributed by atoms with Gasteiger partial charge in [0, 0.05) is 6.04 Å². The summed E-state index contributed by atoms with van der Waals surface area (Å²) in [5.41, 5.74) is 7.07. The van der Waals surface area contributed by atoms with E-state index in [1.165, 1.54) is 0 Å². The van der Waals surface area contributed by atoms with Crippen molar-refractivity contribution in [3.63, 3.8) is 0 Å². The summed E-state index contributed by atoms with van der Waals surface area (Å²) in [4.78, 5) is 0. The lowest BCUT2D eigenvalue weighted by Crippen LogP contribution is -2.12. The minimum absolute atomic E-state index is 0. The highest BCUT2D eigenvalue weighted by atomic mass is 79.9. The Hall–Kier alpha value is -0.250. The monoisotopic (exact) mass is 293 g/mol. The quantitative estimate of drug-likeness (QED) is 0.894. The fourth-order valence-corrected chi connectivity index (χ4v) is 1.79. The first-order valence-corrected chi connectivity index (χ1v) is 5.54. The summed E-state index contributed by atoms with van der Waals surface area (Å²) >= 11 is 3.28. The van der Waals surface area contributed by atoms with Crippen molar-refractivity contribution in [3.05, 3.63) is 28.2 Å². The Labute approximate surface area is 105 Å².